The molecule has 162 valence electrons. The van der Waals surface area contributed by atoms with Crippen LogP contribution in [0.4, 0.5) is 11.4 Å². The molecule has 0 fully saturated rings. The van der Waals surface area contributed by atoms with Gasteiger partial charge in [-0.2, -0.15) is 10.5 Å². The van der Waals surface area contributed by atoms with Crippen LogP contribution in [0.25, 0.3) is 0 Å². The van der Waals surface area contributed by atoms with Gasteiger partial charge in [-0.15, -0.1) is 0 Å². The molecule has 0 aliphatic carbocycles. The summed E-state index contributed by atoms with van der Waals surface area (Å²) in [4.78, 5) is 0. The van der Waals surface area contributed by atoms with Crippen molar-refractivity contribution < 1.29 is 9.47 Å². The van der Waals surface area contributed by atoms with Crippen molar-refractivity contribution in [3.8, 4) is 23.6 Å². The summed E-state index contributed by atoms with van der Waals surface area (Å²) in [5.41, 5.74) is 1.32. The van der Waals surface area contributed by atoms with Crippen molar-refractivity contribution in [2.75, 3.05) is 24.9 Å². The Hall–Kier alpha value is -4.16. The lowest BCUT2D eigenvalue weighted by molar-refractivity contribution is 0.414. The van der Waals surface area contributed by atoms with E-state index in [0.29, 0.717) is 0 Å². The fourth-order valence-corrected chi connectivity index (χ4v) is 3.39. The maximum Gasteiger partial charge on any atom is 0.148 e. The summed E-state index contributed by atoms with van der Waals surface area (Å²) in [7, 11) is 3.23. The lowest BCUT2D eigenvalue weighted by Crippen LogP contribution is -2.32. The molecule has 2 atom stereocenters. The first kappa shape index (κ1) is 22.5. The lowest BCUT2D eigenvalue weighted by Gasteiger charge is -2.28. The highest BCUT2D eigenvalue weighted by Gasteiger charge is 2.30. The van der Waals surface area contributed by atoms with Gasteiger partial charge in [-0.3, -0.25) is 0 Å². The van der Waals surface area contributed by atoms with Crippen LogP contribution in [0.15, 0.2) is 72.8 Å². The summed E-state index contributed by atoms with van der Waals surface area (Å²) in [5, 5.41) is 26.4. The second-order valence-electron chi connectivity index (χ2n) is 7.76. The standard InChI is InChI=1S/C26H26N4O2/c1-25(17-27,29-21-9-13-23(31-3)14-10-21)19-5-7-20(8-6-19)26(2,18-28)30-22-11-15-24(32-4)16-12-22/h5-16,29-30H,1-4H3. The molecule has 0 aliphatic rings. The molecule has 2 unspecified atom stereocenters. The van der Waals surface area contributed by atoms with Gasteiger partial charge in [-0.05, 0) is 73.5 Å². The van der Waals surface area contributed by atoms with E-state index in [-0.39, 0.29) is 0 Å². The molecule has 0 spiro atoms. The normalized spacial score (nSPS) is 14.1. The number of benzene rings is 3. The molecule has 3 rings (SSSR count). The largest absolute Gasteiger partial charge is 0.497 e. The quantitative estimate of drug-likeness (QED) is 0.501. The second-order valence-corrected chi connectivity index (χ2v) is 7.76. The van der Waals surface area contributed by atoms with E-state index in [4.69, 9.17) is 9.47 Å². The number of anilines is 2. The Morgan fingerprint density at radius 1 is 0.594 bits per heavy atom. The second kappa shape index (κ2) is 9.32. The number of nitrogens with zero attached hydrogens (tertiary/aromatic N) is 2. The minimum atomic E-state index is -0.945. The van der Waals surface area contributed by atoms with Crippen LogP contribution in [-0.2, 0) is 11.1 Å². The van der Waals surface area contributed by atoms with Gasteiger partial charge in [-0.25, -0.2) is 0 Å². The molecule has 3 aromatic rings. The Bertz CT molecular complexity index is 1040. The Kier molecular flexibility index (Phi) is 6.56. The molecule has 0 amide bonds. The molecular formula is C26H26N4O2. The van der Waals surface area contributed by atoms with Gasteiger partial charge in [0.2, 0.25) is 0 Å². The van der Waals surface area contributed by atoms with Crippen LogP contribution in [0.5, 0.6) is 11.5 Å². The number of hydrogen-bond donors (Lipinski definition) is 2. The van der Waals surface area contributed by atoms with Crippen molar-refractivity contribution in [1.82, 2.24) is 0 Å². The lowest BCUT2D eigenvalue weighted by atomic mass is 9.88. The van der Waals surface area contributed by atoms with Crippen LogP contribution >= 0.6 is 0 Å². The van der Waals surface area contributed by atoms with E-state index in [1.807, 2.05) is 86.6 Å². The predicted molar refractivity (Wildman–Crippen MR) is 126 cm³/mol. The van der Waals surface area contributed by atoms with Crippen molar-refractivity contribution in [3.05, 3.63) is 83.9 Å². The van der Waals surface area contributed by atoms with E-state index in [1.165, 1.54) is 0 Å². The first-order chi connectivity index (χ1) is 15.4. The topological polar surface area (TPSA) is 90.1 Å². The molecule has 0 saturated carbocycles. The van der Waals surface area contributed by atoms with E-state index < -0.39 is 11.1 Å². The van der Waals surface area contributed by atoms with Crippen LogP contribution in [0.1, 0.15) is 25.0 Å². The van der Waals surface area contributed by atoms with E-state index in [1.54, 1.807) is 14.2 Å². The molecule has 32 heavy (non-hydrogen) atoms. The van der Waals surface area contributed by atoms with Gasteiger partial charge in [0.25, 0.3) is 0 Å². The van der Waals surface area contributed by atoms with Gasteiger partial charge in [-0.1, -0.05) is 24.3 Å². The third-order valence-electron chi connectivity index (χ3n) is 5.46. The van der Waals surface area contributed by atoms with E-state index >= 15 is 0 Å². The number of hydrogen-bond acceptors (Lipinski definition) is 6. The third-order valence-corrected chi connectivity index (χ3v) is 5.46. The van der Waals surface area contributed by atoms with E-state index in [9.17, 15) is 10.5 Å². The molecule has 0 radical (unpaired) electrons. The van der Waals surface area contributed by atoms with Crippen LogP contribution in [-0.4, -0.2) is 14.2 Å². The van der Waals surface area contributed by atoms with Crippen molar-refractivity contribution in [2.24, 2.45) is 0 Å². The predicted octanol–water partition coefficient (Wildman–Crippen LogP) is 5.41. The highest BCUT2D eigenvalue weighted by molar-refractivity contribution is 5.55. The molecule has 0 aliphatic heterocycles. The van der Waals surface area contributed by atoms with Crippen molar-refractivity contribution >= 4 is 11.4 Å². The molecule has 6 heteroatoms. The smallest absolute Gasteiger partial charge is 0.148 e. The summed E-state index contributed by atoms with van der Waals surface area (Å²) >= 11 is 0. The first-order valence-corrected chi connectivity index (χ1v) is 10.1. The number of rotatable bonds is 8. The van der Waals surface area contributed by atoms with Gasteiger partial charge in [0, 0.05) is 11.4 Å². The summed E-state index contributed by atoms with van der Waals surface area (Å²) in [6, 6.07) is 27.1. The van der Waals surface area contributed by atoms with E-state index in [0.717, 1.165) is 34.0 Å². The first-order valence-electron chi connectivity index (χ1n) is 10.1. The third kappa shape index (κ3) is 4.77. The van der Waals surface area contributed by atoms with Crippen molar-refractivity contribution in [1.29, 1.82) is 10.5 Å². The summed E-state index contributed by atoms with van der Waals surface area (Å²) in [6.07, 6.45) is 0. The van der Waals surface area contributed by atoms with Crippen LogP contribution in [0.2, 0.25) is 0 Å². The number of nitriles is 2. The molecule has 0 saturated heterocycles. The summed E-state index contributed by atoms with van der Waals surface area (Å²) in [6.45, 7) is 3.65. The van der Waals surface area contributed by atoms with Crippen LogP contribution < -0.4 is 20.1 Å². The van der Waals surface area contributed by atoms with Gasteiger partial charge in [0.15, 0.2) is 0 Å². The highest BCUT2D eigenvalue weighted by atomic mass is 16.5. The Morgan fingerprint density at radius 3 is 1.16 bits per heavy atom. The zero-order valence-electron chi connectivity index (χ0n) is 18.6. The minimum Gasteiger partial charge on any atom is -0.497 e. The summed E-state index contributed by atoms with van der Waals surface area (Å²) < 4.78 is 10.4. The Labute approximate surface area is 189 Å². The Balaban J connectivity index is 1.82. The number of methoxy groups -OCH3 is 2. The minimum absolute atomic E-state index is 0.749. The molecule has 0 bridgehead atoms. The average Bonchev–Trinajstić information content (AvgIpc) is 2.85. The van der Waals surface area contributed by atoms with Gasteiger partial charge in [0.05, 0.1) is 26.4 Å². The maximum atomic E-state index is 9.90. The van der Waals surface area contributed by atoms with Crippen LogP contribution in [0.3, 0.4) is 0 Å². The number of nitrogens with one attached hydrogen (secondary N) is 2. The van der Waals surface area contributed by atoms with Crippen molar-refractivity contribution in [3.63, 3.8) is 0 Å². The molecular weight excluding hydrogens is 400 g/mol. The summed E-state index contributed by atoms with van der Waals surface area (Å²) in [5.74, 6) is 1.50. The van der Waals surface area contributed by atoms with Gasteiger partial charge < -0.3 is 20.1 Å². The fraction of sp³-hybridized carbons (Fsp3) is 0.231. The monoisotopic (exact) mass is 426 g/mol. The SMILES string of the molecule is COc1ccc(NC(C)(C#N)c2ccc(C(C)(C#N)Nc3ccc(OC)cc3)cc2)cc1. The molecule has 0 aromatic heterocycles. The average molecular weight is 427 g/mol. The Morgan fingerprint density at radius 2 is 0.906 bits per heavy atom. The van der Waals surface area contributed by atoms with Gasteiger partial charge >= 0.3 is 0 Å². The zero-order chi connectivity index (χ0) is 23.2. The number of ether oxygens (including phenoxy) is 2. The fourth-order valence-electron chi connectivity index (χ4n) is 3.39. The van der Waals surface area contributed by atoms with E-state index in [2.05, 4.69) is 22.8 Å². The zero-order valence-corrected chi connectivity index (χ0v) is 18.6. The molecule has 3 aromatic carbocycles. The van der Waals surface area contributed by atoms with Crippen molar-refractivity contribution in [2.45, 2.75) is 24.9 Å². The highest BCUT2D eigenvalue weighted by Crippen LogP contribution is 2.31. The molecule has 2 N–H and O–H groups in total. The maximum absolute atomic E-state index is 9.90. The van der Waals surface area contributed by atoms with Gasteiger partial charge in [0.1, 0.15) is 22.6 Å². The van der Waals surface area contributed by atoms with Crippen LogP contribution in [0, 0.1) is 22.7 Å². The molecule has 0 heterocycles. The molecule has 6 nitrogen and oxygen atoms in total.